The van der Waals surface area contributed by atoms with Gasteiger partial charge in [-0.2, -0.15) is 0 Å². The number of amides is 1. The molecular weight excluding hydrogens is 287 g/mol. The Bertz CT molecular complexity index is 700. The molecule has 2 aromatic rings. The van der Waals surface area contributed by atoms with Crippen LogP contribution in [0, 0.1) is 5.82 Å². The van der Waals surface area contributed by atoms with E-state index in [0.717, 1.165) is 18.7 Å². The number of thiocarbonyl (C=S) groups is 1. The Morgan fingerprint density at radius 3 is 2.62 bits per heavy atom. The quantitative estimate of drug-likeness (QED) is 0.822. The summed E-state index contributed by atoms with van der Waals surface area (Å²) in [6.07, 6.45) is 0.905. The highest BCUT2D eigenvalue weighted by Gasteiger charge is 2.22. The van der Waals surface area contributed by atoms with Gasteiger partial charge in [0.25, 0.3) is 5.91 Å². The molecule has 21 heavy (non-hydrogen) atoms. The van der Waals surface area contributed by atoms with E-state index in [4.69, 9.17) is 12.2 Å². The van der Waals surface area contributed by atoms with Gasteiger partial charge in [-0.15, -0.1) is 0 Å². The Morgan fingerprint density at radius 2 is 1.86 bits per heavy atom. The minimum Gasteiger partial charge on any atom is -0.318 e. The molecule has 0 fully saturated rings. The largest absolute Gasteiger partial charge is 0.318 e. The third-order valence-electron chi connectivity index (χ3n) is 3.46. The summed E-state index contributed by atoms with van der Waals surface area (Å²) in [5.74, 6) is -0.702. The molecule has 3 rings (SSSR count). The minimum absolute atomic E-state index is 0.329. The molecule has 0 saturated heterocycles. The van der Waals surface area contributed by atoms with Gasteiger partial charge >= 0.3 is 0 Å². The fourth-order valence-electron chi connectivity index (χ4n) is 2.39. The molecule has 1 heterocycles. The van der Waals surface area contributed by atoms with Crippen molar-refractivity contribution in [3.63, 3.8) is 0 Å². The SMILES string of the molecule is O=C(NC(=S)N1CCc2ccccc21)c1ccc(F)cc1. The Morgan fingerprint density at radius 1 is 1.14 bits per heavy atom. The van der Waals surface area contributed by atoms with E-state index in [9.17, 15) is 9.18 Å². The number of benzene rings is 2. The van der Waals surface area contributed by atoms with Crippen LogP contribution in [0.2, 0.25) is 0 Å². The summed E-state index contributed by atoms with van der Waals surface area (Å²) in [5, 5.41) is 3.06. The van der Waals surface area contributed by atoms with E-state index in [1.165, 1.54) is 29.8 Å². The maximum absolute atomic E-state index is 12.9. The lowest BCUT2D eigenvalue weighted by molar-refractivity contribution is 0.0977. The number of nitrogens with zero attached hydrogens (tertiary/aromatic N) is 1. The van der Waals surface area contributed by atoms with Gasteiger partial charge < -0.3 is 4.90 Å². The van der Waals surface area contributed by atoms with Crippen molar-refractivity contribution in [3.05, 3.63) is 65.5 Å². The van der Waals surface area contributed by atoms with Gasteiger partial charge in [0.2, 0.25) is 0 Å². The molecule has 0 aromatic heterocycles. The maximum atomic E-state index is 12.9. The van der Waals surface area contributed by atoms with Crippen molar-refractivity contribution in [1.82, 2.24) is 5.32 Å². The van der Waals surface area contributed by atoms with Crippen LogP contribution in [0.25, 0.3) is 0 Å². The van der Waals surface area contributed by atoms with E-state index in [2.05, 4.69) is 11.4 Å². The lowest BCUT2D eigenvalue weighted by atomic mass is 10.2. The monoisotopic (exact) mass is 300 g/mol. The zero-order valence-electron chi connectivity index (χ0n) is 11.2. The number of anilines is 1. The van der Waals surface area contributed by atoms with Gasteiger partial charge in [0.15, 0.2) is 5.11 Å². The predicted molar refractivity (Wildman–Crippen MR) is 84.0 cm³/mol. The van der Waals surface area contributed by atoms with Gasteiger partial charge in [-0.25, -0.2) is 4.39 Å². The van der Waals surface area contributed by atoms with Crippen molar-refractivity contribution in [3.8, 4) is 0 Å². The molecular formula is C16H13FN2OS. The van der Waals surface area contributed by atoms with Crippen LogP contribution in [0.4, 0.5) is 10.1 Å². The van der Waals surface area contributed by atoms with Gasteiger partial charge in [0.1, 0.15) is 5.82 Å². The summed E-state index contributed by atoms with van der Waals surface area (Å²) in [4.78, 5) is 14.0. The van der Waals surface area contributed by atoms with Crippen molar-refractivity contribution in [2.24, 2.45) is 0 Å². The lowest BCUT2D eigenvalue weighted by Crippen LogP contribution is -2.41. The summed E-state index contributed by atoms with van der Waals surface area (Å²) >= 11 is 5.31. The van der Waals surface area contributed by atoms with Crippen LogP contribution in [0.1, 0.15) is 15.9 Å². The van der Waals surface area contributed by atoms with E-state index < -0.39 is 0 Å². The average Bonchev–Trinajstić information content (AvgIpc) is 2.92. The number of carbonyl (C=O) groups excluding carboxylic acids is 1. The predicted octanol–water partition coefficient (Wildman–Crippen LogP) is 2.90. The molecule has 5 heteroatoms. The Kier molecular flexibility index (Phi) is 3.66. The van der Waals surface area contributed by atoms with Crippen LogP contribution in [0.15, 0.2) is 48.5 Å². The first-order valence-electron chi connectivity index (χ1n) is 6.61. The number of carbonyl (C=O) groups is 1. The minimum atomic E-state index is -0.373. The average molecular weight is 300 g/mol. The normalized spacial score (nSPS) is 12.9. The first-order valence-corrected chi connectivity index (χ1v) is 7.02. The van der Waals surface area contributed by atoms with Crippen LogP contribution in [0.3, 0.4) is 0 Å². The Balaban J connectivity index is 1.73. The molecule has 1 N–H and O–H groups in total. The summed E-state index contributed by atoms with van der Waals surface area (Å²) in [5.41, 5.74) is 2.63. The molecule has 3 nitrogen and oxygen atoms in total. The number of nitrogens with one attached hydrogen (secondary N) is 1. The number of fused-ring (bicyclic) bond motifs is 1. The Labute approximate surface area is 127 Å². The third-order valence-corrected chi connectivity index (χ3v) is 3.78. The van der Waals surface area contributed by atoms with Crippen molar-refractivity contribution in [1.29, 1.82) is 0 Å². The molecule has 106 valence electrons. The Hall–Kier alpha value is -2.27. The van der Waals surface area contributed by atoms with E-state index in [1.54, 1.807) is 0 Å². The molecule has 2 aromatic carbocycles. The van der Waals surface area contributed by atoms with Crippen LogP contribution in [-0.2, 0) is 6.42 Å². The second-order valence-electron chi connectivity index (χ2n) is 4.80. The standard InChI is InChI=1S/C16H13FN2OS/c17-13-7-5-12(6-8-13)15(20)18-16(21)19-10-9-11-3-1-2-4-14(11)19/h1-8H,9-10H2,(H,18,20,21). The molecule has 0 atom stereocenters. The number of halogens is 1. The molecule has 0 aliphatic carbocycles. The maximum Gasteiger partial charge on any atom is 0.257 e. The summed E-state index contributed by atoms with van der Waals surface area (Å²) in [6, 6.07) is 13.4. The van der Waals surface area contributed by atoms with Crippen molar-refractivity contribution in [2.45, 2.75) is 6.42 Å². The molecule has 0 radical (unpaired) electrons. The van der Waals surface area contributed by atoms with Crippen molar-refractivity contribution >= 4 is 28.9 Å². The molecule has 0 unspecified atom stereocenters. The summed E-state index contributed by atoms with van der Waals surface area (Å²) < 4.78 is 12.9. The fraction of sp³-hybridized carbons (Fsp3) is 0.125. The third kappa shape index (κ3) is 2.78. The molecule has 1 aliphatic heterocycles. The van der Waals surface area contributed by atoms with Crippen LogP contribution in [-0.4, -0.2) is 17.6 Å². The lowest BCUT2D eigenvalue weighted by Gasteiger charge is -2.20. The first kappa shape index (κ1) is 13.7. The highest BCUT2D eigenvalue weighted by molar-refractivity contribution is 7.80. The van der Waals surface area contributed by atoms with Gasteiger partial charge in [-0.1, -0.05) is 18.2 Å². The first-order chi connectivity index (χ1) is 10.1. The van der Waals surface area contributed by atoms with Crippen LogP contribution < -0.4 is 10.2 Å². The number of hydrogen-bond donors (Lipinski definition) is 1. The second kappa shape index (κ2) is 5.61. The topological polar surface area (TPSA) is 32.3 Å². The smallest absolute Gasteiger partial charge is 0.257 e. The summed E-state index contributed by atoms with van der Waals surface area (Å²) in [7, 11) is 0. The molecule has 1 aliphatic rings. The highest BCUT2D eigenvalue weighted by Crippen LogP contribution is 2.27. The zero-order valence-corrected chi connectivity index (χ0v) is 12.0. The number of rotatable bonds is 1. The molecule has 0 spiro atoms. The van der Waals surface area contributed by atoms with E-state index in [-0.39, 0.29) is 11.7 Å². The molecule has 0 bridgehead atoms. The number of para-hydroxylation sites is 1. The van der Waals surface area contributed by atoms with Crippen molar-refractivity contribution in [2.75, 3.05) is 11.4 Å². The van der Waals surface area contributed by atoms with Gasteiger partial charge in [0, 0.05) is 17.8 Å². The fourth-order valence-corrected chi connectivity index (χ4v) is 2.67. The van der Waals surface area contributed by atoms with Gasteiger partial charge in [-0.3, -0.25) is 10.1 Å². The second-order valence-corrected chi connectivity index (χ2v) is 5.18. The van der Waals surface area contributed by atoms with E-state index in [1.807, 2.05) is 23.1 Å². The van der Waals surface area contributed by atoms with E-state index >= 15 is 0 Å². The van der Waals surface area contributed by atoms with Crippen LogP contribution in [0.5, 0.6) is 0 Å². The highest BCUT2D eigenvalue weighted by atomic mass is 32.1. The zero-order chi connectivity index (χ0) is 14.8. The van der Waals surface area contributed by atoms with Gasteiger partial charge in [-0.05, 0) is 54.5 Å². The molecule has 0 saturated carbocycles. The van der Waals surface area contributed by atoms with Crippen LogP contribution >= 0.6 is 12.2 Å². The van der Waals surface area contributed by atoms with Crippen molar-refractivity contribution < 1.29 is 9.18 Å². The van der Waals surface area contributed by atoms with E-state index in [0.29, 0.717) is 10.7 Å². The van der Waals surface area contributed by atoms with Gasteiger partial charge in [0.05, 0.1) is 0 Å². The summed E-state index contributed by atoms with van der Waals surface area (Å²) in [6.45, 7) is 0.752. The molecule has 1 amide bonds. The number of hydrogen-bond acceptors (Lipinski definition) is 2.